The van der Waals surface area contributed by atoms with Gasteiger partial charge in [0.15, 0.2) is 0 Å². The molecule has 0 unspecified atom stereocenters. The van der Waals surface area contributed by atoms with E-state index in [4.69, 9.17) is 9.47 Å². The van der Waals surface area contributed by atoms with Crippen molar-refractivity contribution in [1.29, 1.82) is 0 Å². The van der Waals surface area contributed by atoms with Crippen molar-refractivity contribution in [2.45, 2.75) is 33.2 Å². The number of hydrogen-bond acceptors (Lipinski definition) is 3. The normalized spacial score (nSPS) is 11.0. The first kappa shape index (κ1) is 15.6. The maximum absolute atomic E-state index is 5.77. The highest BCUT2D eigenvalue weighted by Crippen LogP contribution is 2.22. The molecule has 0 atom stereocenters. The lowest BCUT2D eigenvalue weighted by molar-refractivity contribution is 0.0943. The highest BCUT2D eigenvalue weighted by atomic mass is 16.5. The lowest BCUT2D eigenvalue weighted by Gasteiger charge is -2.12. The number of rotatable bonds is 8. The van der Waals surface area contributed by atoms with Crippen molar-refractivity contribution >= 4 is 0 Å². The zero-order valence-corrected chi connectivity index (χ0v) is 13.1. The topological polar surface area (TPSA) is 36.3 Å². The summed E-state index contributed by atoms with van der Waals surface area (Å²) in [5, 5.41) is 0. The predicted molar refractivity (Wildman–Crippen MR) is 83.8 cm³/mol. The van der Waals surface area contributed by atoms with Crippen LogP contribution in [0.3, 0.4) is 0 Å². The maximum atomic E-state index is 5.77. The number of aryl methyl sites for hydroxylation is 1. The van der Waals surface area contributed by atoms with Gasteiger partial charge in [-0.05, 0) is 36.1 Å². The summed E-state index contributed by atoms with van der Waals surface area (Å²) < 4.78 is 13.3. The standard InChI is InChI=1S/C17H24N2O2/c1-14(2)16-10-15(3)11-17(12-16)21-9-8-20-7-6-19-5-4-18-13-19/h4-5,10-14H,6-9H2,1-3H3. The molecule has 0 bridgehead atoms. The molecular weight excluding hydrogens is 264 g/mol. The minimum atomic E-state index is 0.513. The van der Waals surface area contributed by atoms with E-state index in [0.29, 0.717) is 25.7 Å². The predicted octanol–water partition coefficient (Wildman–Crippen LogP) is 3.41. The Balaban J connectivity index is 1.68. The lowest BCUT2D eigenvalue weighted by atomic mass is 10.0. The quantitative estimate of drug-likeness (QED) is 0.698. The Morgan fingerprint density at radius 3 is 2.71 bits per heavy atom. The molecule has 0 aliphatic heterocycles. The summed E-state index contributed by atoms with van der Waals surface area (Å²) in [5.74, 6) is 1.44. The molecule has 2 rings (SSSR count). The molecule has 4 heteroatoms. The third kappa shape index (κ3) is 5.23. The molecule has 21 heavy (non-hydrogen) atoms. The molecule has 0 aliphatic carbocycles. The number of benzene rings is 1. The summed E-state index contributed by atoms with van der Waals surface area (Å²) in [7, 11) is 0. The summed E-state index contributed by atoms with van der Waals surface area (Å²) in [4.78, 5) is 3.99. The van der Waals surface area contributed by atoms with Crippen LogP contribution in [0.4, 0.5) is 0 Å². The molecule has 1 heterocycles. The molecule has 1 aromatic carbocycles. The van der Waals surface area contributed by atoms with Gasteiger partial charge in [-0.1, -0.05) is 19.9 Å². The molecule has 0 saturated heterocycles. The number of imidazole rings is 1. The van der Waals surface area contributed by atoms with Crippen LogP contribution in [0.2, 0.25) is 0 Å². The summed E-state index contributed by atoms with van der Waals surface area (Å²) in [6.45, 7) is 9.15. The Hall–Kier alpha value is -1.81. The van der Waals surface area contributed by atoms with Gasteiger partial charge in [0.25, 0.3) is 0 Å². The van der Waals surface area contributed by atoms with Crippen molar-refractivity contribution in [1.82, 2.24) is 9.55 Å². The van der Waals surface area contributed by atoms with E-state index in [1.807, 2.05) is 10.8 Å². The van der Waals surface area contributed by atoms with Gasteiger partial charge in [0.2, 0.25) is 0 Å². The first-order valence-corrected chi connectivity index (χ1v) is 7.43. The summed E-state index contributed by atoms with van der Waals surface area (Å²) in [5.41, 5.74) is 2.54. The fourth-order valence-electron chi connectivity index (χ4n) is 2.10. The largest absolute Gasteiger partial charge is 0.491 e. The Kier molecular flexibility index (Phi) is 5.81. The van der Waals surface area contributed by atoms with Gasteiger partial charge >= 0.3 is 0 Å². The second-order valence-corrected chi connectivity index (χ2v) is 5.50. The van der Waals surface area contributed by atoms with Crippen LogP contribution in [-0.2, 0) is 11.3 Å². The van der Waals surface area contributed by atoms with Gasteiger partial charge in [-0.15, -0.1) is 0 Å². The van der Waals surface area contributed by atoms with Crippen molar-refractivity contribution in [3.05, 3.63) is 48.0 Å². The van der Waals surface area contributed by atoms with Gasteiger partial charge in [-0.25, -0.2) is 4.98 Å². The van der Waals surface area contributed by atoms with Crippen LogP contribution in [0.1, 0.15) is 30.9 Å². The molecule has 0 N–H and O–H groups in total. The highest BCUT2D eigenvalue weighted by Gasteiger charge is 2.03. The summed E-state index contributed by atoms with van der Waals surface area (Å²) in [6.07, 6.45) is 5.49. The molecule has 0 saturated carbocycles. The van der Waals surface area contributed by atoms with Crippen molar-refractivity contribution in [2.75, 3.05) is 19.8 Å². The van der Waals surface area contributed by atoms with Gasteiger partial charge in [-0.3, -0.25) is 0 Å². The van der Waals surface area contributed by atoms with Crippen LogP contribution in [0.15, 0.2) is 36.9 Å². The Morgan fingerprint density at radius 2 is 2.00 bits per heavy atom. The molecule has 4 nitrogen and oxygen atoms in total. The second-order valence-electron chi connectivity index (χ2n) is 5.50. The fraction of sp³-hybridized carbons (Fsp3) is 0.471. The van der Waals surface area contributed by atoms with E-state index in [1.165, 1.54) is 11.1 Å². The van der Waals surface area contributed by atoms with E-state index in [2.05, 4.69) is 44.0 Å². The molecule has 0 radical (unpaired) electrons. The van der Waals surface area contributed by atoms with Crippen LogP contribution in [-0.4, -0.2) is 29.4 Å². The van der Waals surface area contributed by atoms with E-state index in [9.17, 15) is 0 Å². The Labute approximate surface area is 126 Å². The lowest BCUT2D eigenvalue weighted by Crippen LogP contribution is -2.10. The molecule has 0 amide bonds. The summed E-state index contributed by atoms with van der Waals surface area (Å²) >= 11 is 0. The second kappa shape index (κ2) is 7.84. The Bertz CT molecular complexity index is 536. The van der Waals surface area contributed by atoms with E-state index in [0.717, 1.165) is 12.3 Å². The van der Waals surface area contributed by atoms with Crippen LogP contribution in [0, 0.1) is 6.92 Å². The monoisotopic (exact) mass is 288 g/mol. The molecule has 0 spiro atoms. The van der Waals surface area contributed by atoms with E-state index >= 15 is 0 Å². The van der Waals surface area contributed by atoms with Crippen LogP contribution in [0.25, 0.3) is 0 Å². The van der Waals surface area contributed by atoms with Gasteiger partial charge in [0, 0.05) is 18.9 Å². The molecule has 0 aliphatic rings. The third-order valence-corrected chi connectivity index (χ3v) is 3.29. The van der Waals surface area contributed by atoms with Crippen molar-refractivity contribution in [3.8, 4) is 5.75 Å². The van der Waals surface area contributed by atoms with Gasteiger partial charge < -0.3 is 14.0 Å². The smallest absolute Gasteiger partial charge is 0.119 e. The average Bonchev–Trinajstić information content (AvgIpc) is 2.95. The average molecular weight is 288 g/mol. The fourth-order valence-corrected chi connectivity index (χ4v) is 2.10. The van der Waals surface area contributed by atoms with Gasteiger partial charge in [0.1, 0.15) is 12.4 Å². The van der Waals surface area contributed by atoms with E-state index in [1.54, 1.807) is 12.5 Å². The number of hydrogen-bond donors (Lipinski definition) is 0. The number of nitrogens with zero attached hydrogens (tertiary/aromatic N) is 2. The molecule has 2 aromatic rings. The van der Waals surface area contributed by atoms with Crippen LogP contribution < -0.4 is 4.74 Å². The zero-order valence-electron chi connectivity index (χ0n) is 13.1. The third-order valence-electron chi connectivity index (χ3n) is 3.29. The van der Waals surface area contributed by atoms with E-state index in [-0.39, 0.29) is 0 Å². The Morgan fingerprint density at radius 1 is 1.14 bits per heavy atom. The van der Waals surface area contributed by atoms with E-state index < -0.39 is 0 Å². The molecule has 114 valence electrons. The van der Waals surface area contributed by atoms with Gasteiger partial charge in [-0.2, -0.15) is 0 Å². The van der Waals surface area contributed by atoms with Crippen molar-refractivity contribution in [3.63, 3.8) is 0 Å². The number of aromatic nitrogens is 2. The van der Waals surface area contributed by atoms with Crippen LogP contribution >= 0.6 is 0 Å². The minimum Gasteiger partial charge on any atom is -0.491 e. The van der Waals surface area contributed by atoms with Crippen molar-refractivity contribution < 1.29 is 9.47 Å². The minimum absolute atomic E-state index is 0.513. The molecule has 1 aromatic heterocycles. The highest BCUT2D eigenvalue weighted by molar-refractivity contribution is 5.35. The van der Waals surface area contributed by atoms with Crippen molar-refractivity contribution in [2.24, 2.45) is 0 Å². The first-order chi connectivity index (χ1) is 10.1. The first-order valence-electron chi connectivity index (χ1n) is 7.43. The zero-order chi connectivity index (χ0) is 15.1. The van der Waals surface area contributed by atoms with Gasteiger partial charge in [0.05, 0.1) is 19.5 Å². The molecule has 0 fully saturated rings. The SMILES string of the molecule is Cc1cc(OCCOCCn2ccnc2)cc(C(C)C)c1. The molecular formula is C17H24N2O2. The number of ether oxygens (including phenoxy) is 2. The summed E-state index contributed by atoms with van der Waals surface area (Å²) in [6, 6.07) is 6.39. The van der Waals surface area contributed by atoms with Crippen LogP contribution in [0.5, 0.6) is 5.75 Å². The maximum Gasteiger partial charge on any atom is 0.119 e.